The molecular weight excluding hydrogens is 463 g/mol. The summed E-state index contributed by atoms with van der Waals surface area (Å²) in [5.74, 6) is -0.739. The number of hydrogen-bond donors (Lipinski definition) is 3. The van der Waals surface area contributed by atoms with E-state index in [0.29, 0.717) is 5.75 Å². The van der Waals surface area contributed by atoms with Crippen LogP contribution in [0.3, 0.4) is 0 Å². The average molecular weight is 486 g/mol. The van der Waals surface area contributed by atoms with E-state index >= 15 is 0 Å². The van der Waals surface area contributed by atoms with Gasteiger partial charge in [0.1, 0.15) is 35.6 Å². The standard InChI is InChI=1S/C22H23Cl2F2N3O3/c23-17-7-5-15(9-19(17)25)31-11-21(27)28-13-1-3-14(4-2-13)29-22(30)12-32-16-6-8-18(24)20(26)10-16/h5-10,13-14H,1-4,11-12H2,(H2,27,28)(H,29,30)/t13-,14-. The fourth-order valence-corrected chi connectivity index (χ4v) is 3.61. The molecule has 0 unspecified atom stereocenters. The van der Waals surface area contributed by atoms with Gasteiger partial charge in [-0.2, -0.15) is 0 Å². The van der Waals surface area contributed by atoms with E-state index in [4.69, 9.17) is 38.1 Å². The van der Waals surface area contributed by atoms with Gasteiger partial charge in [-0.05, 0) is 49.9 Å². The van der Waals surface area contributed by atoms with Gasteiger partial charge in [0.15, 0.2) is 6.61 Å². The molecule has 0 heterocycles. The molecule has 2 aromatic carbocycles. The van der Waals surface area contributed by atoms with Gasteiger partial charge < -0.3 is 20.1 Å². The van der Waals surface area contributed by atoms with Gasteiger partial charge in [0, 0.05) is 24.2 Å². The zero-order chi connectivity index (χ0) is 23.1. The Kier molecular flexibility index (Phi) is 8.53. The van der Waals surface area contributed by atoms with Crippen molar-refractivity contribution in [2.24, 2.45) is 0 Å². The van der Waals surface area contributed by atoms with E-state index in [0.717, 1.165) is 31.7 Å². The highest BCUT2D eigenvalue weighted by molar-refractivity contribution is 6.31. The van der Waals surface area contributed by atoms with Crippen molar-refractivity contribution in [3.8, 4) is 11.5 Å². The summed E-state index contributed by atoms with van der Waals surface area (Å²) in [6, 6.07) is 8.22. The van der Waals surface area contributed by atoms with Gasteiger partial charge >= 0.3 is 0 Å². The van der Waals surface area contributed by atoms with Crippen LogP contribution in [0.4, 0.5) is 8.78 Å². The number of rotatable bonds is 8. The largest absolute Gasteiger partial charge is 0.486 e. The lowest BCUT2D eigenvalue weighted by molar-refractivity contribution is -0.124. The van der Waals surface area contributed by atoms with E-state index in [1.807, 2.05) is 0 Å². The van der Waals surface area contributed by atoms with Crippen molar-refractivity contribution < 1.29 is 23.0 Å². The second-order valence-corrected chi connectivity index (χ2v) is 8.28. The summed E-state index contributed by atoms with van der Waals surface area (Å²) >= 11 is 11.3. The van der Waals surface area contributed by atoms with E-state index < -0.39 is 11.6 Å². The normalized spacial score (nSPS) is 18.0. The topological polar surface area (TPSA) is 83.4 Å². The Morgan fingerprint density at radius 3 is 1.84 bits per heavy atom. The van der Waals surface area contributed by atoms with Crippen LogP contribution in [0.1, 0.15) is 25.7 Å². The molecule has 0 atom stereocenters. The summed E-state index contributed by atoms with van der Waals surface area (Å²) in [4.78, 5) is 12.1. The predicted molar refractivity (Wildman–Crippen MR) is 119 cm³/mol. The molecule has 0 bridgehead atoms. The summed E-state index contributed by atoms with van der Waals surface area (Å²) < 4.78 is 37.5. The first-order valence-electron chi connectivity index (χ1n) is 10.1. The first kappa shape index (κ1) is 24.1. The Balaban J connectivity index is 1.33. The summed E-state index contributed by atoms with van der Waals surface area (Å²) in [7, 11) is 0. The average Bonchev–Trinajstić information content (AvgIpc) is 2.77. The number of hydrogen-bond acceptors (Lipinski definition) is 4. The molecule has 0 aliphatic heterocycles. The molecule has 6 nitrogen and oxygen atoms in total. The van der Waals surface area contributed by atoms with Crippen molar-refractivity contribution in [3.05, 3.63) is 58.1 Å². The van der Waals surface area contributed by atoms with Crippen molar-refractivity contribution in [3.63, 3.8) is 0 Å². The highest BCUT2D eigenvalue weighted by Crippen LogP contribution is 2.22. The van der Waals surface area contributed by atoms with Crippen LogP contribution in [-0.4, -0.2) is 37.0 Å². The van der Waals surface area contributed by atoms with Crippen molar-refractivity contribution >= 4 is 34.9 Å². The Bertz CT molecular complexity index is 892. The molecule has 1 amide bonds. The third kappa shape index (κ3) is 7.24. The fraction of sp³-hybridized carbons (Fsp3) is 0.364. The van der Waals surface area contributed by atoms with Gasteiger partial charge in [-0.25, -0.2) is 8.78 Å². The molecule has 10 heteroatoms. The maximum atomic E-state index is 13.4. The van der Waals surface area contributed by atoms with Gasteiger partial charge in [0.05, 0.1) is 10.0 Å². The Morgan fingerprint density at radius 1 is 0.875 bits per heavy atom. The molecule has 0 aromatic heterocycles. The quantitative estimate of drug-likeness (QED) is 0.373. The molecule has 0 radical (unpaired) electrons. The Hall–Kier alpha value is -2.58. The number of ether oxygens (including phenoxy) is 2. The second kappa shape index (κ2) is 11.3. The van der Waals surface area contributed by atoms with E-state index in [1.165, 1.54) is 24.3 Å². The summed E-state index contributed by atoms with van der Waals surface area (Å²) in [6.07, 6.45) is 3.03. The molecule has 1 fully saturated rings. The van der Waals surface area contributed by atoms with Crippen LogP contribution in [0.2, 0.25) is 10.0 Å². The molecule has 0 saturated heterocycles. The van der Waals surface area contributed by atoms with E-state index in [1.54, 1.807) is 6.07 Å². The minimum Gasteiger partial charge on any atom is -0.486 e. The van der Waals surface area contributed by atoms with Crippen molar-refractivity contribution in [2.75, 3.05) is 13.2 Å². The lowest BCUT2D eigenvalue weighted by Gasteiger charge is -2.30. The first-order valence-corrected chi connectivity index (χ1v) is 10.8. The van der Waals surface area contributed by atoms with Gasteiger partial charge in [-0.3, -0.25) is 10.2 Å². The number of benzene rings is 2. The maximum Gasteiger partial charge on any atom is 0.258 e. The van der Waals surface area contributed by atoms with Crippen LogP contribution >= 0.6 is 23.2 Å². The lowest BCUT2D eigenvalue weighted by atomic mass is 9.91. The van der Waals surface area contributed by atoms with E-state index in [2.05, 4.69) is 10.6 Å². The monoisotopic (exact) mass is 485 g/mol. The molecule has 1 saturated carbocycles. The highest BCUT2D eigenvalue weighted by atomic mass is 35.5. The van der Waals surface area contributed by atoms with Crippen molar-refractivity contribution in [1.82, 2.24) is 10.6 Å². The number of nitrogens with one attached hydrogen (secondary N) is 3. The SMILES string of the molecule is N=C(COc1ccc(Cl)c(F)c1)N[C@H]1CC[C@H](NC(=O)COc2ccc(Cl)c(F)c2)CC1. The summed E-state index contributed by atoms with van der Waals surface area (Å²) in [5.41, 5.74) is 0. The molecule has 1 aliphatic rings. The van der Waals surface area contributed by atoms with Crippen molar-refractivity contribution in [1.29, 1.82) is 5.41 Å². The highest BCUT2D eigenvalue weighted by Gasteiger charge is 2.23. The summed E-state index contributed by atoms with van der Waals surface area (Å²) in [5, 5.41) is 14.0. The second-order valence-electron chi connectivity index (χ2n) is 7.47. The van der Waals surface area contributed by atoms with Gasteiger partial charge in [-0.1, -0.05) is 23.2 Å². The minimum absolute atomic E-state index is 0.00794. The molecule has 1 aliphatic carbocycles. The van der Waals surface area contributed by atoms with Gasteiger partial charge in [0.25, 0.3) is 5.91 Å². The predicted octanol–water partition coefficient (Wildman–Crippen LogP) is 4.72. The molecular formula is C22H23Cl2F2N3O3. The maximum absolute atomic E-state index is 13.4. The van der Waals surface area contributed by atoms with E-state index in [-0.39, 0.29) is 52.8 Å². The molecule has 2 aromatic rings. The Labute approximate surface area is 194 Å². The third-order valence-corrected chi connectivity index (χ3v) is 5.62. The number of carbonyl (C=O) groups is 1. The minimum atomic E-state index is -0.605. The van der Waals surface area contributed by atoms with Gasteiger partial charge in [0.2, 0.25) is 0 Å². The number of amides is 1. The van der Waals surface area contributed by atoms with Gasteiger partial charge in [-0.15, -0.1) is 0 Å². The molecule has 3 N–H and O–H groups in total. The van der Waals surface area contributed by atoms with Crippen LogP contribution in [-0.2, 0) is 4.79 Å². The lowest BCUT2D eigenvalue weighted by Crippen LogP contribution is -2.45. The van der Waals surface area contributed by atoms with E-state index in [9.17, 15) is 13.6 Å². The zero-order valence-corrected chi connectivity index (χ0v) is 18.6. The zero-order valence-electron chi connectivity index (χ0n) is 17.1. The van der Waals surface area contributed by atoms with Crippen LogP contribution in [0.5, 0.6) is 11.5 Å². The molecule has 0 spiro atoms. The van der Waals surface area contributed by atoms with Crippen LogP contribution < -0.4 is 20.1 Å². The molecule has 3 rings (SSSR count). The summed E-state index contributed by atoms with van der Waals surface area (Å²) in [6.45, 7) is -0.229. The fourth-order valence-electron chi connectivity index (χ4n) is 3.38. The van der Waals surface area contributed by atoms with Crippen LogP contribution in [0, 0.1) is 17.0 Å². The number of carbonyl (C=O) groups excluding carboxylic acids is 1. The number of halogens is 4. The number of amidine groups is 1. The Morgan fingerprint density at radius 2 is 1.34 bits per heavy atom. The van der Waals surface area contributed by atoms with Crippen LogP contribution in [0.25, 0.3) is 0 Å². The molecule has 172 valence electrons. The smallest absolute Gasteiger partial charge is 0.258 e. The molecule has 32 heavy (non-hydrogen) atoms. The van der Waals surface area contributed by atoms with Crippen molar-refractivity contribution in [2.45, 2.75) is 37.8 Å². The van der Waals surface area contributed by atoms with Crippen LogP contribution in [0.15, 0.2) is 36.4 Å². The first-order chi connectivity index (χ1) is 15.3. The third-order valence-electron chi connectivity index (χ3n) is 5.01.